The predicted octanol–water partition coefficient (Wildman–Crippen LogP) is 2.61. The summed E-state index contributed by atoms with van der Waals surface area (Å²) in [4.78, 5) is 24.7. The van der Waals surface area contributed by atoms with Gasteiger partial charge in [-0.05, 0) is 35.0 Å². The van der Waals surface area contributed by atoms with E-state index in [1.807, 2.05) is 23.6 Å². The Morgan fingerprint density at radius 1 is 1.09 bits per heavy atom. The Morgan fingerprint density at radius 2 is 1.91 bits per heavy atom. The van der Waals surface area contributed by atoms with Crippen molar-refractivity contribution in [2.75, 3.05) is 0 Å². The van der Waals surface area contributed by atoms with E-state index in [2.05, 4.69) is 30.9 Å². The van der Waals surface area contributed by atoms with Crippen LogP contribution in [0.1, 0.15) is 5.69 Å². The second kappa shape index (κ2) is 4.95. The first kappa shape index (κ1) is 14.0. The molecule has 0 aromatic carbocycles. The van der Waals surface area contributed by atoms with Gasteiger partial charge in [0.1, 0.15) is 17.1 Å². The number of aromatic nitrogens is 5. The second-order valence-corrected chi connectivity index (χ2v) is 5.95. The van der Waals surface area contributed by atoms with Crippen molar-refractivity contribution in [3.63, 3.8) is 0 Å². The van der Waals surface area contributed by atoms with Crippen molar-refractivity contribution >= 4 is 27.2 Å². The van der Waals surface area contributed by atoms with E-state index in [1.54, 1.807) is 12.3 Å². The van der Waals surface area contributed by atoms with Gasteiger partial charge in [-0.1, -0.05) is 0 Å². The highest BCUT2D eigenvalue weighted by Gasteiger charge is 2.10. The van der Waals surface area contributed by atoms with Crippen LogP contribution in [0.4, 0.5) is 4.39 Å². The Morgan fingerprint density at radius 3 is 2.74 bits per heavy atom. The van der Waals surface area contributed by atoms with Crippen molar-refractivity contribution in [2.24, 2.45) is 0 Å². The second-order valence-electron chi connectivity index (χ2n) is 5.09. The van der Waals surface area contributed by atoms with E-state index in [1.165, 1.54) is 16.7 Å². The van der Waals surface area contributed by atoms with Gasteiger partial charge in [-0.15, -0.1) is 0 Å². The third-order valence-corrected chi connectivity index (χ3v) is 4.01. The van der Waals surface area contributed by atoms with Crippen LogP contribution in [0.5, 0.6) is 0 Å². The average molecular weight is 374 g/mol. The fourth-order valence-electron chi connectivity index (χ4n) is 2.39. The summed E-state index contributed by atoms with van der Waals surface area (Å²) in [5, 5.41) is 0. The van der Waals surface area contributed by atoms with E-state index in [9.17, 15) is 9.18 Å². The van der Waals surface area contributed by atoms with Gasteiger partial charge in [-0.3, -0.25) is 0 Å². The van der Waals surface area contributed by atoms with Crippen LogP contribution in [0.3, 0.4) is 0 Å². The average Bonchev–Trinajstić information content (AvgIpc) is 2.88. The number of aryl methyl sites for hydroxylation is 1. The van der Waals surface area contributed by atoms with Gasteiger partial charge in [-0.25, -0.2) is 23.6 Å². The lowest BCUT2D eigenvalue weighted by atomic mass is 10.2. The smallest absolute Gasteiger partial charge is 0.306 e. The molecule has 0 bridgehead atoms. The minimum absolute atomic E-state index is 0.179. The van der Waals surface area contributed by atoms with E-state index in [4.69, 9.17) is 0 Å². The zero-order chi connectivity index (χ0) is 16.1. The number of pyridine rings is 2. The van der Waals surface area contributed by atoms with Crippen molar-refractivity contribution in [1.29, 1.82) is 0 Å². The lowest BCUT2D eigenvalue weighted by Gasteiger charge is -2.05. The Labute approximate surface area is 137 Å². The number of imidazole rings is 1. The normalized spacial score (nSPS) is 11.4. The van der Waals surface area contributed by atoms with E-state index in [0.29, 0.717) is 5.56 Å². The standard InChI is InChI=1S/C15H9BrFN5O/c1-8-5-21-6-9(2-3-12(21)18-8)14-19-13-4-11(17)10(16)7-22(13)15(23)20-14/h2-7H,1H3. The molecule has 4 rings (SSSR count). The molecule has 0 aliphatic carbocycles. The Kier molecular flexibility index (Phi) is 3.02. The Balaban J connectivity index is 1.96. The first-order valence-corrected chi connectivity index (χ1v) is 7.52. The van der Waals surface area contributed by atoms with Crippen LogP contribution in [-0.4, -0.2) is 23.8 Å². The van der Waals surface area contributed by atoms with Crippen LogP contribution in [0.25, 0.3) is 22.7 Å². The monoisotopic (exact) mass is 373 g/mol. The van der Waals surface area contributed by atoms with Gasteiger partial charge < -0.3 is 4.40 Å². The van der Waals surface area contributed by atoms with Crippen molar-refractivity contribution in [3.05, 3.63) is 63.3 Å². The van der Waals surface area contributed by atoms with Crippen LogP contribution in [0.2, 0.25) is 0 Å². The SMILES string of the molecule is Cc1cn2cc(-c3nc(=O)n4cc(Br)c(F)cc4n3)ccc2n1. The molecule has 0 N–H and O–H groups in total. The molecule has 0 unspecified atom stereocenters. The van der Waals surface area contributed by atoms with Gasteiger partial charge in [0.05, 0.1) is 10.2 Å². The summed E-state index contributed by atoms with van der Waals surface area (Å²) in [6.45, 7) is 1.90. The predicted molar refractivity (Wildman–Crippen MR) is 85.8 cm³/mol. The van der Waals surface area contributed by atoms with Gasteiger partial charge in [0.15, 0.2) is 5.82 Å². The minimum atomic E-state index is -0.521. The maximum Gasteiger partial charge on any atom is 0.355 e. The first-order chi connectivity index (χ1) is 11.0. The summed E-state index contributed by atoms with van der Waals surface area (Å²) in [7, 11) is 0. The van der Waals surface area contributed by atoms with Gasteiger partial charge in [-0.2, -0.15) is 4.98 Å². The summed E-state index contributed by atoms with van der Waals surface area (Å²) in [6.07, 6.45) is 4.97. The Hall–Kier alpha value is -2.61. The van der Waals surface area contributed by atoms with Crippen molar-refractivity contribution in [2.45, 2.75) is 6.92 Å². The topological polar surface area (TPSA) is 64.6 Å². The fraction of sp³-hybridized carbons (Fsp3) is 0.0667. The van der Waals surface area contributed by atoms with E-state index < -0.39 is 11.5 Å². The third-order valence-electron chi connectivity index (χ3n) is 3.43. The van der Waals surface area contributed by atoms with Crippen LogP contribution >= 0.6 is 15.9 Å². The molecule has 0 amide bonds. The van der Waals surface area contributed by atoms with Crippen LogP contribution in [0, 0.1) is 12.7 Å². The molecule has 4 aromatic rings. The molecule has 23 heavy (non-hydrogen) atoms. The highest BCUT2D eigenvalue weighted by atomic mass is 79.9. The maximum atomic E-state index is 13.7. The van der Waals surface area contributed by atoms with Gasteiger partial charge >= 0.3 is 5.69 Å². The summed E-state index contributed by atoms with van der Waals surface area (Å²) in [5.41, 5.74) is 2.00. The van der Waals surface area contributed by atoms with E-state index >= 15 is 0 Å². The van der Waals surface area contributed by atoms with E-state index in [-0.39, 0.29) is 15.9 Å². The van der Waals surface area contributed by atoms with Crippen molar-refractivity contribution in [1.82, 2.24) is 23.8 Å². The molecule has 0 atom stereocenters. The molecule has 6 nitrogen and oxygen atoms in total. The molecule has 0 aliphatic rings. The fourth-order valence-corrected chi connectivity index (χ4v) is 2.71. The summed E-state index contributed by atoms with van der Waals surface area (Å²) in [5.74, 6) is -0.250. The largest absolute Gasteiger partial charge is 0.355 e. The number of fused-ring (bicyclic) bond motifs is 2. The maximum absolute atomic E-state index is 13.7. The number of hydrogen-bond donors (Lipinski definition) is 0. The van der Waals surface area contributed by atoms with Crippen LogP contribution in [-0.2, 0) is 0 Å². The summed E-state index contributed by atoms with van der Waals surface area (Å²) in [6, 6.07) is 4.79. The molecule has 0 spiro atoms. The quantitative estimate of drug-likeness (QED) is 0.514. The molecule has 4 aromatic heterocycles. The van der Waals surface area contributed by atoms with Crippen LogP contribution in [0.15, 0.2) is 46.1 Å². The molecule has 0 fully saturated rings. The number of hydrogen-bond acceptors (Lipinski definition) is 4. The lowest BCUT2D eigenvalue weighted by molar-refractivity contribution is 0.617. The summed E-state index contributed by atoms with van der Waals surface area (Å²) >= 11 is 3.04. The highest BCUT2D eigenvalue weighted by Crippen LogP contribution is 2.19. The van der Waals surface area contributed by atoms with Gasteiger partial charge in [0, 0.05) is 30.2 Å². The van der Waals surface area contributed by atoms with Gasteiger partial charge in [0.2, 0.25) is 0 Å². The first-order valence-electron chi connectivity index (χ1n) is 6.72. The van der Waals surface area contributed by atoms with Crippen molar-refractivity contribution < 1.29 is 4.39 Å². The molecule has 8 heteroatoms. The summed E-state index contributed by atoms with van der Waals surface area (Å²) < 4.78 is 16.9. The molecular weight excluding hydrogens is 365 g/mol. The van der Waals surface area contributed by atoms with E-state index in [0.717, 1.165) is 11.3 Å². The lowest BCUT2D eigenvalue weighted by Crippen LogP contribution is -2.19. The molecule has 4 heterocycles. The third kappa shape index (κ3) is 2.31. The molecule has 0 saturated heterocycles. The molecular formula is C15H9BrFN5O. The zero-order valence-corrected chi connectivity index (χ0v) is 13.5. The minimum Gasteiger partial charge on any atom is -0.306 e. The molecule has 0 saturated carbocycles. The zero-order valence-electron chi connectivity index (χ0n) is 11.9. The van der Waals surface area contributed by atoms with Gasteiger partial charge in [0.25, 0.3) is 0 Å². The number of halogens is 2. The van der Waals surface area contributed by atoms with Crippen molar-refractivity contribution in [3.8, 4) is 11.4 Å². The Bertz CT molecular complexity index is 1130. The number of nitrogens with zero attached hydrogens (tertiary/aromatic N) is 5. The molecule has 114 valence electrons. The van der Waals surface area contributed by atoms with Crippen LogP contribution < -0.4 is 5.69 Å². The number of rotatable bonds is 1. The molecule has 0 aliphatic heterocycles. The molecule has 0 radical (unpaired) electrons. The highest BCUT2D eigenvalue weighted by molar-refractivity contribution is 9.10.